The Balaban J connectivity index is 1.89. The third-order valence-electron chi connectivity index (χ3n) is 4.19. The van der Waals surface area contributed by atoms with Crippen LogP contribution in [0.2, 0.25) is 0 Å². The lowest BCUT2D eigenvalue weighted by atomic mass is 10.1. The van der Waals surface area contributed by atoms with Gasteiger partial charge in [0.1, 0.15) is 11.6 Å². The van der Waals surface area contributed by atoms with Gasteiger partial charge in [0.2, 0.25) is 0 Å². The molecule has 0 saturated carbocycles. The molecule has 0 aliphatic heterocycles. The number of methoxy groups -OCH3 is 1. The van der Waals surface area contributed by atoms with Crippen LogP contribution in [0.15, 0.2) is 47.6 Å². The molecular formula is C20H20FN3O2S. The fourth-order valence-corrected chi connectivity index (χ4v) is 3.76. The molecule has 5 nitrogen and oxygen atoms in total. The van der Waals surface area contributed by atoms with Crippen LogP contribution in [0, 0.1) is 5.82 Å². The molecule has 0 atom stereocenters. The highest BCUT2D eigenvalue weighted by molar-refractivity contribution is 7.98. The summed E-state index contributed by atoms with van der Waals surface area (Å²) in [6, 6.07) is 11.9. The molecule has 0 amide bonds. The number of hydrogen-bond acceptors (Lipinski definition) is 5. The van der Waals surface area contributed by atoms with Gasteiger partial charge >= 0.3 is 0 Å². The van der Waals surface area contributed by atoms with Gasteiger partial charge < -0.3 is 9.30 Å². The molecule has 0 saturated heterocycles. The molecule has 0 aliphatic carbocycles. The quantitative estimate of drug-likeness (QED) is 0.439. The van der Waals surface area contributed by atoms with Crippen LogP contribution in [0.4, 0.5) is 4.39 Å². The van der Waals surface area contributed by atoms with E-state index < -0.39 is 0 Å². The number of rotatable bonds is 7. The number of ether oxygens (including phenoxy) is 1. The molecule has 140 valence electrons. The maximum atomic E-state index is 14.1. The summed E-state index contributed by atoms with van der Waals surface area (Å²) < 4.78 is 21.4. The second kappa shape index (κ2) is 8.35. The minimum absolute atomic E-state index is 0.00228. The second-order valence-electron chi connectivity index (χ2n) is 5.90. The van der Waals surface area contributed by atoms with Crippen LogP contribution in [0.25, 0.3) is 11.4 Å². The summed E-state index contributed by atoms with van der Waals surface area (Å²) in [6.45, 7) is 4.12. The summed E-state index contributed by atoms with van der Waals surface area (Å²) in [5.74, 6) is 1.45. The zero-order valence-electron chi connectivity index (χ0n) is 15.4. The van der Waals surface area contributed by atoms with Crippen LogP contribution >= 0.6 is 11.8 Å². The van der Waals surface area contributed by atoms with Gasteiger partial charge in [0.05, 0.1) is 12.7 Å². The molecule has 0 spiro atoms. The van der Waals surface area contributed by atoms with E-state index in [-0.39, 0.29) is 11.6 Å². The SMILES string of the molecule is CCn1c(SCc2cc(C(C)=O)ccc2OC)nnc1-c1ccccc1F. The number of aromatic nitrogens is 3. The number of carbonyl (C=O) groups excluding carboxylic acids is 1. The molecule has 1 heterocycles. The maximum Gasteiger partial charge on any atom is 0.191 e. The van der Waals surface area contributed by atoms with Crippen LogP contribution in [0.5, 0.6) is 5.75 Å². The molecule has 0 aliphatic rings. The van der Waals surface area contributed by atoms with Crippen molar-refractivity contribution in [1.29, 1.82) is 0 Å². The lowest BCUT2D eigenvalue weighted by Gasteiger charge is -2.11. The number of benzene rings is 2. The average Bonchev–Trinajstić information content (AvgIpc) is 3.09. The molecule has 0 bridgehead atoms. The van der Waals surface area contributed by atoms with Crippen LogP contribution < -0.4 is 4.74 Å². The molecule has 3 rings (SSSR count). The first kappa shape index (κ1) is 19.1. The largest absolute Gasteiger partial charge is 0.496 e. The van der Waals surface area contributed by atoms with Gasteiger partial charge in [-0.25, -0.2) is 4.39 Å². The van der Waals surface area contributed by atoms with Crippen LogP contribution in [0.3, 0.4) is 0 Å². The van der Waals surface area contributed by atoms with Crippen molar-refractivity contribution in [3.63, 3.8) is 0 Å². The van der Waals surface area contributed by atoms with E-state index in [1.54, 1.807) is 37.4 Å². The van der Waals surface area contributed by atoms with Gasteiger partial charge in [-0.1, -0.05) is 23.9 Å². The molecule has 0 unspecified atom stereocenters. The molecule has 0 radical (unpaired) electrons. The number of carbonyl (C=O) groups is 1. The summed E-state index contributed by atoms with van der Waals surface area (Å²) in [6.07, 6.45) is 0. The van der Waals surface area contributed by atoms with Crippen molar-refractivity contribution in [3.8, 4) is 17.1 Å². The average molecular weight is 385 g/mol. The number of halogens is 1. The van der Waals surface area contributed by atoms with Gasteiger partial charge in [0.15, 0.2) is 16.8 Å². The Kier molecular flexibility index (Phi) is 5.91. The van der Waals surface area contributed by atoms with Crippen molar-refractivity contribution in [2.75, 3.05) is 7.11 Å². The van der Waals surface area contributed by atoms with Crippen molar-refractivity contribution in [2.24, 2.45) is 0 Å². The molecular weight excluding hydrogens is 365 g/mol. The van der Waals surface area contributed by atoms with E-state index in [1.807, 2.05) is 17.6 Å². The van der Waals surface area contributed by atoms with Gasteiger partial charge in [-0.15, -0.1) is 10.2 Å². The highest BCUT2D eigenvalue weighted by atomic mass is 32.2. The number of Topliss-reactive ketones (excluding diaryl/α,β-unsaturated/α-hetero) is 1. The van der Waals surface area contributed by atoms with Crippen LogP contribution in [0.1, 0.15) is 29.8 Å². The smallest absolute Gasteiger partial charge is 0.191 e. The third-order valence-corrected chi connectivity index (χ3v) is 5.21. The van der Waals surface area contributed by atoms with E-state index in [1.165, 1.54) is 24.8 Å². The van der Waals surface area contributed by atoms with Crippen LogP contribution in [-0.4, -0.2) is 27.7 Å². The predicted molar refractivity (Wildman–Crippen MR) is 104 cm³/mol. The van der Waals surface area contributed by atoms with Gasteiger partial charge in [-0.3, -0.25) is 4.79 Å². The Hall–Kier alpha value is -2.67. The standard InChI is InChI=1S/C20H20FN3O2S/c1-4-24-19(16-7-5-6-8-17(16)21)22-23-20(24)27-12-15-11-14(13(2)25)9-10-18(15)26-3/h5-11H,4,12H2,1-3H3. The predicted octanol–water partition coefficient (Wildman–Crippen LogP) is 4.61. The van der Waals surface area contributed by atoms with Gasteiger partial charge in [-0.2, -0.15) is 0 Å². The zero-order chi connectivity index (χ0) is 19.4. The number of thioether (sulfide) groups is 1. The highest BCUT2D eigenvalue weighted by Gasteiger charge is 2.17. The molecule has 1 aromatic heterocycles. The summed E-state index contributed by atoms with van der Waals surface area (Å²) in [7, 11) is 1.60. The summed E-state index contributed by atoms with van der Waals surface area (Å²) in [5, 5.41) is 9.11. The van der Waals surface area contributed by atoms with Crippen molar-refractivity contribution in [2.45, 2.75) is 31.3 Å². The normalized spacial score (nSPS) is 10.8. The first-order valence-electron chi connectivity index (χ1n) is 8.53. The van der Waals surface area contributed by atoms with E-state index in [0.29, 0.717) is 40.2 Å². The minimum atomic E-state index is -0.327. The van der Waals surface area contributed by atoms with E-state index in [4.69, 9.17) is 4.74 Å². The Morgan fingerprint density at radius 3 is 2.67 bits per heavy atom. The fourth-order valence-electron chi connectivity index (χ4n) is 2.77. The number of nitrogens with zero attached hydrogens (tertiary/aromatic N) is 3. The van der Waals surface area contributed by atoms with Crippen molar-refractivity contribution in [3.05, 3.63) is 59.4 Å². The first-order chi connectivity index (χ1) is 13.0. The van der Waals surface area contributed by atoms with E-state index >= 15 is 0 Å². The summed E-state index contributed by atoms with van der Waals surface area (Å²) >= 11 is 1.47. The van der Waals surface area contributed by atoms with Crippen molar-refractivity contribution >= 4 is 17.5 Å². The minimum Gasteiger partial charge on any atom is -0.496 e. The molecule has 3 aromatic rings. The topological polar surface area (TPSA) is 57.0 Å². The highest BCUT2D eigenvalue weighted by Crippen LogP contribution is 2.31. The van der Waals surface area contributed by atoms with Gasteiger partial charge in [0, 0.05) is 23.4 Å². The zero-order valence-corrected chi connectivity index (χ0v) is 16.2. The lowest BCUT2D eigenvalue weighted by Crippen LogP contribution is -2.01. The first-order valence-corrected chi connectivity index (χ1v) is 9.52. The summed E-state index contributed by atoms with van der Waals surface area (Å²) in [4.78, 5) is 11.7. The monoisotopic (exact) mass is 385 g/mol. The molecule has 0 N–H and O–H groups in total. The Bertz CT molecular complexity index is 972. The molecule has 2 aromatic carbocycles. The Labute approximate surface area is 161 Å². The van der Waals surface area contributed by atoms with Crippen molar-refractivity contribution < 1.29 is 13.9 Å². The van der Waals surface area contributed by atoms with E-state index in [2.05, 4.69) is 10.2 Å². The van der Waals surface area contributed by atoms with Crippen molar-refractivity contribution in [1.82, 2.24) is 14.8 Å². The maximum absolute atomic E-state index is 14.1. The van der Waals surface area contributed by atoms with Crippen LogP contribution in [-0.2, 0) is 12.3 Å². The third kappa shape index (κ3) is 4.03. The molecule has 0 fully saturated rings. The summed E-state index contributed by atoms with van der Waals surface area (Å²) in [5.41, 5.74) is 1.96. The van der Waals surface area contributed by atoms with E-state index in [0.717, 1.165) is 5.56 Å². The Morgan fingerprint density at radius 2 is 2.00 bits per heavy atom. The fraction of sp³-hybridized carbons (Fsp3) is 0.250. The molecule has 7 heteroatoms. The van der Waals surface area contributed by atoms with Gasteiger partial charge in [-0.05, 0) is 44.2 Å². The van der Waals surface area contributed by atoms with E-state index in [9.17, 15) is 9.18 Å². The lowest BCUT2D eigenvalue weighted by molar-refractivity contribution is 0.101. The van der Waals surface area contributed by atoms with Gasteiger partial charge in [0.25, 0.3) is 0 Å². The second-order valence-corrected chi connectivity index (χ2v) is 6.84. The Morgan fingerprint density at radius 1 is 1.22 bits per heavy atom. The molecule has 27 heavy (non-hydrogen) atoms. The number of ketones is 1. The number of hydrogen-bond donors (Lipinski definition) is 0.